The molecule has 1 heterocycles. The van der Waals surface area contributed by atoms with Gasteiger partial charge in [-0.3, -0.25) is 9.69 Å². The number of nitrogens with two attached hydrogens (primary N) is 1. The first kappa shape index (κ1) is 13.8. The molecule has 0 aliphatic carbocycles. The lowest BCUT2D eigenvalue weighted by Gasteiger charge is -2.20. The summed E-state index contributed by atoms with van der Waals surface area (Å²) in [7, 11) is 0. The first-order chi connectivity index (χ1) is 8.99. The molecule has 2 rings (SSSR count). The van der Waals surface area contributed by atoms with Crippen LogP contribution < -0.4 is 10.5 Å². The molecule has 3 N–H and O–H groups in total. The topological polar surface area (TPSA) is 75.8 Å². The zero-order chi connectivity index (χ0) is 13.9. The molecule has 1 saturated heterocycles. The average Bonchev–Trinajstić information content (AvgIpc) is 2.75. The average molecular weight is 268 g/mol. The van der Waals surface area contributed by atoms with E-state index in [0.29, 0.717) is 38.4 Å². The molecule has 1 atom stereocenters. The normalized spacial score (nSPS) is 23.5. The fourth-order valence-electron chi connectivity index (χ4n) is 2.10. The van der Waals surface area contributed by atoms with Crippen LogP contribution in [0.4, 0.5) is 4.39 Å². The summed E-state index contributed by atoms with van der Waals surface area (Å²) in [4.78, 5) is 12.9. The van der Waals surface area contributed by atoms with Gasteiger partial charge < -0.3 is 15.6 Å². The van der Waals surface area contributed by atoms with E-state index >= 15 is 0 Å². The van der Waals surface area contributed by atoms with Gasteiger partial charge in [0.2, 0.25) is 0 Å². The van der Waals surface area contributed by atoms with Crippen molar-refractivity contribution in [2.24, 2.45) is 5.73 Å². The van der Waals surface area contributed by atoms with Crippen LogP contribution in [0.15, 0.2) is 24.3 Å². The van der Waals surface area contributed by atoms with Gasteiger partial charge in [-0.1, -0.05) is 0 Å². The fraction of sp³-hybridized carbons (Fsp3) is 0.462. The number of nitrogens with zero attached hydrogens (tertiary/aromatic N) is 1. The zero-order valence-electron chi connectivity index (χ0n) is 10.5. The summed E-state index contributed by atoms with van der Waals surface area (Å²) in [5.41, 5.74) is 4.63. The second-order valence-electron chi connectivity index (χ2n) is 4.79. The van der Waals surface area contributed by atoms with Crippen molar-refractivity contribution >= 4 is 5.97 Å². The molecule has 1 aliphatic rings. The molecule has 5 nitrogen and oxygen atoms in total. The van der Waals surface area contributed by atoms with Crippen molar-refractivity contribution in [3.05, 3.63) is 30.1 Å². The third kappa shape index (κ3) is 3.42. The molecule has 1 unspecified atom stereocenters. The van der Waals surface area contributed by atoms with Crippen LogP contribution in [0.25, 0.3) is 0 Å². The lowest BCUT2D eigenvalue weighted by molar-refractivity contribution is -0.142. The number of carboxylic acids is 1. The number of ether oxygens (including phenoxy) is 1. The Hall–Kier alpha value is -1.66. The summed E-state index contributed by atoms with van der Waals surface area (Å²) in [6, 6.07) is 5.79. The summed E-state index contributed by atoms with van der Waals surface area (Å²) in [5.74, 6) is -0.673. The zero-order valence-corrected chi connectivity index (χ0v) is 10.5. The molecule has 0 saturated carbocycles. The highest BCUT2D eigenvalue weighted by molar-refractivity contribution is 5.79. The van der Waals surface area contributed by atoms with Crippen molar-refractivity contribution in [3.8, 4) is 5.75 Å². The van der Waals surface area contributed by atoms with E-state index in [0.717, 1.165) is 0 Å². The number of rotatable bonds is 5. The van der Waals surface area contributed by atoms with Gasteiger partial charge in [0.1, 0.15) is 23.7 Å². The van der Waals surface area contributed by atoms with Gasteiger partial charge in [-0.15, -0.1) is 0 Å². The molecule has 19 heavy (non-hydrogen) atoms. The number of likely N-dealkylation sites (tertiary alicyclic amines) is 1. The van der Waals surface area contributed by atoms with E-state index in [4.69, 9.17) is 15.6 Å². The Morgan fingerprint density at radius 2 is 2.16 bits per heavy atom. The van der Waals surface area contributed by atoms with Crippen LogP contribution in [0.2, 0.25) is 0 Å². The lowest BCUT2D eigenvalue weighted by Crippen LogP contribution is -2.50. The number of carbonyl (C=O) groups is 1. The minimum atomic E-state index is -1.14. The maximum atomic E-state index is 12.7. The summed E-state index contributed by atoms with van der Waals surface area (Å²) in [5, 5.41) is 9.00. The predicted octanol–water partition coefficient (Wildman–Crippen LogP) is 0.692. The Bertz CT molecular complexity index is 452. The van der Waals surface area contributed by atoms with E-state index in [1.807, 2.05) is 4.90 Å². The van der Waals surface area contributed by atoms with Gasteiger partial charge in [-0.05, 0) is 30.7 Å². The lowest BCUT2D eigenvalue weighted by atomic mass is 10.0. The second kappa shape index (κ2) is 5.54. The van der Waals surface area contributed by atoms with E-state index in [9.17, 15) is 9.18 Å². The smallest absolute Gasteiger partial charge is 0.325 e. The van der Waals surface area contributed by atoms with Crippen LogP contribution in [0.1, 0.15) is 6.42 Å². The van der Waals surface area contributed by atoms with Gasteiger partial charge in [0.25, 0.3) is 0 Å². The molecule has 0 amide bonds. The van der Waals surface area contributed by atoms with E-state index < -0.39 is 11.5 Å². The summed E-state index contributed by atoms with van der Waals surface area (Å²) < 4.78 is 18.1. The maximum absolute atomic E-state index is 12.7. The Morgan fingerprint density at radius 3 is 2.74 bits per heavy atom. The van der Waals surface area contributed by atoms with Gasteiger partial charge in [0, 0.05) is 19.6 Å². The van der Waals surface area contributed by atoms with Crippen molar-refractivity contribution in [3.63, 3.8) is 0 Å². The Labute approximate surface area is 110 Å². The Morgan fingerprint density at radius 1 is 1.47 bits per heavy atom. The first-order valence-electron chi connectivity index (χ1n) is 6.13. The van der Waals surface area contributed by atoms with Crippen molar-refractivity contribution in [1.29, 1.82) is 0 Å². The first-order valence-corrected chi connectivity index (χ1v) is 6.13. The number of halogens is 1. The summed E-state index contributed by atoms with van der Waals surface area (Å²) in [6.07, 6.45) is 0.443. The molecule has 0 spiro atoms. The van der Waals surface area contributed by atoms with Crippen LogP contribution in [0.3, 0.4) is 0 Å². The van der Waals surface area contributed by atoms with Gasteiger partial charge in [-0.2, -0.15) is 0 Å². The van der Waals surface area contributed by atoms with Gasteiger partial charge in [-0.25, -0.2) is 4.39 Å². The SMILES string of the molecule is NC1(C(=O)O)CCN(CCOc2ccc(F)cc2)C1. The third-order valence-corrected chi connectivity index (χ3v) is 3.30. The molecule has 0 bridgehead atoms. The number of carboxylic acid groups (broad SMARTS) is 1. The maximum Gasteiger partial charge on any atom is 0.325 e. The summed E-state index contributed by atoms with van der Waals surface area (Å²) >= 11 is 0. The van der Waals surface area contributed by atoms with Crippen molar-refractivity contribution in [2.75, 3.05) is 26.2 Å². The van der Waals surface area contributed by atoms with Gasteiger partial charge in [0.05, 0.1) is 0 Å². The van der Waals surface area contributed by atoms with Gasteiger partial charge >= 0.3 is 5.97 Å². The van der Waals surface area contributed by atoms with E-state index in [1.54, 1.807) is 12.1 Å². The van der Waals surface area contributed by atoms with Crippen LogP contribution in [-0.4, -0.2) is 47.8 Å². The molecular formula is C13H17FN2O3. The minimum absolute atomic E-state index is 0.304. The van der Waals surface area contributed by atoms with Gasteiger partial charge in [0.15, 0.2) is 0 Å². The second-order valence-corrected chi connectivity index (χ2v) is 4.79. The van der Waals surface area contributed by atoms with Crippen molar-refractivity contribution in [1.82, 2.24) is 4.90 Å². The number of hydrogen-bond donors (Lipinski definition) is 2. The number of benzene rings is 1. The highest BCUT2D eigenvalue weighted by atomic mass is 19.1. The molecule has 0 aromatic heterocycles. The highest BCUT2D eigenvalue weighted by Gasteiger charge is 2.40. The van der Waals surface area contributed by atoms with Crippen LogP contribution in [0.5, 0.6) is 5.75 Å². The van der Waals surface area contributed by atoms with Crippen molar-refractivity contribution in [2.45, 2.75) is 12.0 Å². The predicted molar refractivity (Wildman–Crippen MR) is 67.5 cm³/mol. The molecule has 1 aliphatic heterocycles. The molecule has 1 aromatic carbocycles. The van der Waals surface area contributed by atoms with Crippen LogP contribution in [0, 0.1) is 5.82 Å². The Kier molecular flexibility index (Phi) is 4.01. The number of hydrogen-bond acceptors (Lipinski definition) is 4. The molecule has 104 valence electrons. The monoisotopic (exact) mass is 268 g/mol. The third-order valence-electron chi connectivity index (χ3n) is 3.30. The van der Waals surface area contributed by atoms with Crippen LogP contribution in [-0.2, 0) is 4.79 Å². The molecule has 0 radical (unpaired) electrons. The molecule has 1 aromatic rings. The van der Waals surface area contributed by atoms with E-state index in [1.165, 1.54) is 12.1 Å². The fourth-order valence-corrected chi connectivity index (χ4v) is 2.10. The largest absolute Gasteiger partial charge is 0.492 e. The summed E-state index contributed by atoms with van der Waals surface area (Å²) in [6.45, 7) is 2.00. The quantitative estimate of drug-likeness (QED) is 0.822. The Balaban J connectivity index is 1.75. The minimum Gasteiger partial charge on any atom is -0.492 e. The van der Waals surface area contributed by atoms with Crippen LogP contribution >= 0.6 is 0 Å². The number of aliphatic carboxylic acids is 1. The molecular weight excluding hydrogens is 251 g/mol. The molecule has 1 fully saturated rings. The molecule has 6 heteroatoms. The highest BCUT2D eigenvalue weighted by Crippen LogP contribution is 2.18. The standard InChI is InChI=1S/C13H17FN2O3/c14-10-1-3-11(4-2-10)19-8-7-16-6-5-13(15,9-16)12(17)18/h1-4H,5-9,15H2,(H,17,18). The van der Waals surface area contributed by atoms with E-state index in [2.05, 4.69) is 0 Å². The van der Waals surface area contributed by atoms with Crippen molar-refractivity contribution < 1.29 is 19.0 Å². The van der Waals surface area contributed by atoms with E-state index in [-0.39, 0.29) is 5.82 Å².